The molecule has 1 saturated heterocycles. The molecule has 0 bridgehead atoms. The Hall–Kier alpha value is -1.21. The second-order valence-electron chi connectivity index (χ2n) is 7.22. The average Bonchev–Trinajstić information content (AvgIpc) is 3.13. The van der Waals surface area contributed by atoms with Gasteiger partial charge in [-0.15, -0.1) is 0 Å². The lowest BCUT2D eigenvalue weighted by atomic mass is 10.0. The first kappa shape index (κ1) is 19.5. The molecule has 26 heavy (non-hydrogen) atoms. The molecule has 1 N–H and O–H groups in total. The van der Waals surface area contributed by atoms with Crippen LogP contribution in [0.3, 0.4) is 0 Å². The average molecular weight is 393 g/mol. The monoisotopic (exact) mass is 392 g/mol. The summed E-state index contributed by atoms with van der Waals surface area (Å²) in [6, 6.07) is 5.95. The standard InChI is InChI=1S/C20H28N2O2S2/c1-15-11-17(3)20(12-16(15)2)26(23,24)21-13-19(18-7-10-25-14-18)22-8-5-4-6-9-22/h7,10-12,14,19,21H,4-6,8-9,13H2,1-3H3. The Kier molecular flexibility index (Phi) is 6.17. The van der Waals surface area contributed by atoms with Gasteiger partial charge in [0, 0.05) is 12.6 Å². The molecule has 1 unspecified atom stereocenters. The Morgan fingerprint density at radius 1 is 1.08 bits per heavy atom. The minimum absolute atomic E-state index is 0.100. The van der Waals surface area contributed by atoms with E-state index in [-0.39, 0.29) is 6.04 Å². The largest absolute Gasteiger partial charge is 0.295 e. The molecule has 6 heteroatoms. The molecule has 1 atom stereocenters. The zero-order valence-electron chi connectivity index (χ0n) is 15.8. The summed E-state index contributed by atoms with van der Waals surface area (Å²) in [7, 11) is -3.53. The number of nitrogens with one attached hydrogen (secondary N) is 1. The van der Waals surface area contributed by atoms with Crippen LogP contribution in [0.25, 0.3) is 0 Å². The number of benzene rings is 1. The maximum absolute atomic E-state index is 12.9. The lowest BCUT2D eigenvalue weighted by molar-refractivity contribution is 0.165. The summed E-state index contributed by atoms with van der Waals surface area (Å²) in [5, 5.41) is 4.20. The van der Waals surface area contributed by atoms with Crippen molar-refractivity contribution in [2.75, 3.05) is 19.6 Å². The summed E-state index contributed by atoms with van der Waals surface area (Å²) in [6.07, 6.45) is 3.63. The second kappa shape index (κ2) is 8.21. The third kappa shape index (κ3) is 4.36. The van der Waals surface area contributed by atoms with Crippen LogP contribution in [0.2, 0.25) is 0 Å². The smallest absolute Gasteiger partial charge is 0.240 e. The van der Waals surface area contributed by atoms with Gasteiger partial charge >= 0.3 is 0 Å². The predicted molar refractivity (Wildman–Crippen MR) is 108 cm³/mol. The van der Waals surface area contributed by atoms with Crippen molar-refractivity contribution in [3.63, 3.8) is 0 Å². The van der Waals surface area contributed by atoms with Crippen LogP contribution >= 0.6 is 11.3 Å². The predicted octanol–water partition coefficient (Wildman–Crippen LogP) is 4.18. The fraction of sp³-hybridized carbons (Fsp3) is 0.500. The second-order valence-corrected chi connectivity index (χ2v) is 9.74. The van der Waals surface area contributed by atoms with Crippen molar-refractivity contribution in [1.29, 1.82) is 0 Å². The van der Waals surface area contributed by atoms with Gasteiger partial charge in [0.15, 0.2) is 0 Å². The molecule has 3 rings (SSSR count). The third-order valence-electron chi connectivity index (χ3n) is 5.31. The van der Waals surface area contributed by atoms with Gasteiger partial charge in [0.1, 0.15) is 0 Å². The maximum Gasteiger partial charge on any atom is 0.240 e. The number of sulfonamides is 1. The number of hydrogen-bond acceptors (Lipinski definition) is 4. The molecular weight excluding hydrogens is 364 g/mol. The van der Waals surface area contributed by atoms with Crippen molar-refractivity contribution in [3.8, 4) is 0 Å². The van der Waals surface area contributed by atoms with Crippen molar-refractivity contribution in [1.82, 2.24) is 9.62 Å². The molecule has 0 amide bonds. The molecule has 0 aliphatic carbocycles. The maximum atomic E-state index is 12.9. The molecule has 1 aromatic carbocycles. The Bertz CT molecular complexity index is 839. The van der Waals surface area contributed by atoms with Gasteiger partial charge in [0.2, 0.25) is 10.0 Å². The van der Waals surface area contributed by atoms with E-state index in [1.807, 2.05) is 26.8 Å². The zero-order valence-corrected chi connectivity index (χ0v) is 17.4. The van der Waals surface area contributed by atoms with E-state index in [1.165, 1.54) is 24.8 Å². The minimum Gasteiger partial charge on any atom is -0.295 e. The molecular formula is C20H28N2O2S2. The number of rotatable bonds is 6. The highest BCUT2D eigenvalue weighted by molar-refractivity contribution is 7.89. The number of aryl methyl sites for hydroxylation is 3. The highest BCUT2D eigenvalue weighted by Gasteiger charge is 2.25. The van der Waals surface area contributed by atoms with Crippen molar-refractivity contribution in [3.05, 3.63) is 51.2 Å². The van der Waals surface area contributed by atoms with Crippen LogP contribution in [0.1, 0.15) is 47.6 Å². The first-order valence-corrected chi connectivity index (χ1v) is 11.6. The summed E-state index contributed by atoms with van der Waals surface area (Å²) >= 11 is 1.66. The first-order valence-electron chi connectivity index (χ1n) is 9.22. The highest BCUT2D eigenvalue weighted by Crippen LogP contribution is 2.27. The van der Waals surface area contributed by atoms with Crippen LogP contribution < -0.4 is 4.72 Å². The molecule has 0 spiro atoms. The lowest BCUT2D eigenvalue weighted by Gasteiger charge is -2.34. The lowest BCUT2D eigenvalue weighted by Crippen LogP contribution is -2.40. The van der Waals surface area contributed by atoms with Gasteiger partial charge in [-0.2, -0.15) is 11.3 Å². The molecule has 1 fully saturated rings. The molecule has 2 heterocycles. The minimum atomic E-state index is -3.53. The first-order chi connectivity index (χ1) is 12.4. The molecule has 0 radical (unpaired) electrons. The van der Waals surface area contributed by atoms with Crippen molar-refractivity contribution >= 4 is 21.4 Å². The van der Waals surface area contributed by atoms with E-state index in [0.717, 1.165) is 29.8 Å². The number of piperidine rings is 1. The number of hydrogen-bond donors (Lipinski definition) is 1. The van der Waals surface area contributed by atoms with E-state index in [0.29, 0.717) is 11.4 Å². The van der Waals surface area contributed by atoms with E-state index in [2.05, 4.69) is 26.4 Å². The van der Waals surface area contributed by atoms with E-state index in [4.69, 9.17) is 0 Å². The summed E-state index contributed by atoms with van der Waals surface area (Å²) < 4.78 is 28.8. The molecule has 1 aromatic heterocycles. The molecule has 1 aliphatic heterocycles. The Balaban J connectivity index is 1.81. The van der Waals surface area contributed by atoms with E-state index >= 15 is 0 Å². The van der Waals surface area contributed by atoms with Gasteiger partial charge in [-0.05, 0) is 91.8 Å². The van der Waals surface area contributed by atoms with Crippen LogP contribution in [0.15, 0.2) is 33.9 Å². The van der Waals surface area contributed by atoms with E-state index in [1.54, 1.807) is 17.4 Å². The Morgan fingerprint density at radius 2 is 1.77 bits per heavy atom. The van der Waals surface area contributed by atoms with Crippen LogP contribution in [0.4, 0.5) is 0 Å². The van der Waals surface area contributed by atoms with Crippen LogP contribution in [-0.2, 0) is 10.0 Å². The van der Waals surface area contributed by atoms with Gasteiger partial charge in [0.05, 0.1) is 4.90 Å². The SMILES string of the molecule is Cc1cc(C)c(S(=O)(=O)NCC(c2ccsc2)N2CCCCC2)cc1C. The van der Waals surface area contributed by atoms with Crippen LogP contribution in [-0.4, -0.2) is 33.0 Å². The fourth-order valence-corrected chi connectivity index (χ4v) is 5.70. The van der Waals surface area contributed by atoms with E-state index < -0.39 is 10.0 Å². The topological polar surface area (TPSA) is 49.4 Å². The summed E-state index contributed by atoms with van der Waals surface area (Å²) in [4.78, 5) is 2.81. The van der Waals surface area contributed by atoms with Crippen molar-refractivity contribution < 1.29 is 8.42 Å². The van der Waals surface area contributed by atoms with E-state index in [9.17, 15) is 8.42 Å². The van der Waals surface area contributed by atoms with Crippen molar-refractivity contribution in [2.24, 2.45) is 0 Å². The molecule has 1 aliphatic rings. The molecule has 0 saturated carbocycles. The fourth-order valence-electron chi connectivity index (χ4n) is 3.64. The van der Waals surface area contributed by atoms with Crippen LogP contribution in [0, 0.1) is 20.8 Å². The number of likely N-dealkylation sites (tertiary alicyclic amines) is 1. The van der Waals surface area contributed by atoms with Gasteiger partial charge in [-0.25, -0.2) is 13.1 Å². The van der Waals surface area contributed by atoms with Gasteiger partial charge in [0.25, 0.3) is 0 Å². The van der Waals surface area contributed by atoms with Gasteiger partial charge in [-0.3, -0.25) is 4.90 Å². The molecule has 2 aromatic rings. The summed E-state index contributed by atoms with van der Waals surface area (Å²) in [5.74, 6) is 0. The summed E-state index contributed by atoms with van der Waals surface area (Å²) in [6.45, 7) is 8.30. The Labute approximate surface area is 161 Å². The Morgan fingerprint density at radius 3 is 2.42 bits per heavy atom. The van der Waals surface area contributed by atoms with Crippen LogP contribution in [0.5, 0.6) is 0 Å². The zero-order chi connectivity index (χ0) is 18.7. The quantitative estimate of drug-likeness (QED) is 0.802. The molecule has 4 nitrogen and oxygen atoms in total. The van der Waals surface area contributed by atoms with Crippen molar-refractivity contribution in [2.45, 2.75) is 51.0 Å². The highest BCUT2D eigenvalue weighted by atomic mass is 32.2. The third-order valence-corrected chi connectivity index (χ3v) is 7.57. The van der Waals surface area contributed by atoms with Gasteiger partial charge in [-0.1, -0.05) is 12.5 Å². The van der Waals surface area contributed by atoms with Gasteiger partial charge < -0.3 is 0 Å². The normalized spacial score (nSPS) is 17.3. The number of thiophene rings is 1. The molecule has 142 valence electrons. The number of nitrogens with zero attached hydrogens (tertiary/aromatic N) is 1. The summed E-state index contributed by atoms with van der Waals surface area (Å²) in [5.41, 5.74) is 4.12.